The summed E-state index contributed by atoms with van der Waals surface area (Å²) in [5, 5.41) is 8.77. The van der Waals surface area contributed by atoms with Gasteiger partial charge >= 0.3 is 5.97 Å². The molecule has 0 spiro atoms. The van der Waals surface area contributed by atoms with E-state index in [4.69, 9.17) is 9.84 Å². The van der Waals surface area contributed by atoms with Crippen LogP contribution in [0, 0.1) is 5.92 Å². The summed E-state index contributed by atoms with van der Waals surface area (Å²) < 4.78 is 4.93. The highest BCUT2D eigenvalue weighted by atomic mass is 16.5. The lowest BCUT2D eigenvalue weighted by atomic mass is 9.96. The summed E-state index contributed by atoms with van der Waals surface area (Å²) in [7, 11) is 1.48. The third-order valence-corrected chi connectivity index (χ3v) is 1.84. The monoisotopic (exact) mass is 168 g/mol. The first-order chi connectivity index (χ1) is 5.65. The quantitative estimate of drug-likeness (QED) is 0.680. The number of carbonyl (C=O) groups is 1. The molecule has 1 unspecified atom stereocenters. The van der Waals surface area contributed by atoms with Crippen molar-refractivity contribution in [2.45, 2.75) is 13.3 Å². The smallest absolute Gasteiger partial charge is 0.339 e. The fourth-order valence-electron chi connectivity index (χ4n) is 1.21. The van der Waals surface area contributed by atoms with Gasteiger partial charge in [0.2, 0.25) is 0 Å². The van der Waals surface area contributed by atoms with E-state index in [0.717, 1.165) is 6.42 Å². The van der Waals surface area contributed by atoms with Gasteiger partial charge in [0.1, 0.15) is 5.76 Å². The molecule has 0 saturated carbocycles. The summed E-state index contributed by atoms with van der Waals surface area (Å²) in [4.78, 5) is 10.7. The average Bonchev–Trinajstić information content (AvgIpc) is 2.04. The molecule has 1 atom stereocenters. The molecule has 0 radical (unpaired) electrons. The summed E-state index contributed by atoms with van der Waals surface area (Å²) in [6, 6.07) is 0. The largest absolute Gasteiger partial charge is 0.496 e. The van der Waals surface area contributed by atoms with Crippen molar-refractivity contribution in [2.75, 3.05) is 7.11 Å². The van der Waals surface area contributed by atoms with Crippen LogP contribution in [0.15, 0.2) is 23.5 Å². The van der Waals surface area contributed by atoms with Crippen LogP contribution < -0.4 is 0 Å². The van der Waals surface area contributed by atoms with Crippen LogP contribution in [0.5, 0.6) is 0 Å². The molecule has 0 aromatic carbocycles. The van der Waals surface area contributed by atoms with E-state index in [2.05, 4.69) is 0 Å². The van der Waals surface area contributed by atoms with Crippen LogP contribution in [-0.4, -0.2) is 18.2 Å². The molecule has 0 bridgehead atoms. The first-order valence-corrected chi connectivity index (χ1v) is 3.84. The number of hydrogen-bond acceptors (Lipinski definition) is 2. The van der Waals surface area contributed by atoms with Gasteiger partial charge in [0.25, 0.3) is 0 Å². The van der Waals surface area contributed by atoms with Crippen LogP contribution in [0.3, 0.4) is 0 Å². The highest BCUT2D eigenvalue weighted by Crippen LogP contribution is 2.22. The van der Waals surface area contributed by atoms with Gasteiger partial charge in [0.15, 0.2) is 0 Å². The van der Waals surface area contributed by atoms with Crippen LogP contribution in [0.1, 0.15) is 13.3 Å². The third-order valence-electron chi connectivity index (χ3n) is 1.84. The Kier molecular flexibility index (Phi) is 2.53. The number of allylic oxidation sites excluding steroid dienone is 2. The van der Waals surface area contributed by atoms with Crippen molar-refractivity contribution in [1.82, 2.24) is 0 Å². The molecule has 0 aromatic heterocycles. The van der Waals surface area contributed by atoms with E-state index < -0.39 is 5.97 Å². The van der Waals surface area contributed by atoms with Crippen LogP contribution >= 0.6 is 0 Å². The van der Waals surface area contributed by atoms with Crippen molar-refractivity contribution in [2.24, 2.45) is 5.92 Å². The van der Waals surface area contributed by atoms with Gasteiger partial charge in [-0.2, -0.15) is 0 Å². The maximum Gasteiger partial charge on any atom is 0.339 e. The lowest BCUT2D eigenvalue weighted by molar-refractivity contribution is -0.132. The number of aliphatic carboxylic acids is 1. The molecule has 12 heavy (non-hydrogen) atoms. The second-order valence-electron chi connectivity index (χ2n) is 2.87. The number of carboxylic acids is 1. The van der Waals surface area contributed by atoms with Gasteiger partial charge in [-0.05, 0) is 18.4 Å². The SMILES string of the molecule is COC1=CCC(C)C=C1C(=O)O. The number of ether oxygens (including phenoxy) is 1. The number of carboxylic acid groups (broad SMARTS) is 1. The van der Waals surface area contributed by atoms with E-state index in [1.807, 2.05) is 13.0 Å². The molecule has 0 aromatic rings. The normalized spacial score (nSPS) is 22.7. The van der Waals surface area contributed by atoms with Gasteiger partial charge in [-0.3, -0.25) is 0 Å². The van der Waals surface area contributed by atoms with E-state index in [0.29, 0.717) is 5.76 Å². The second kappa shape index (κ2) is 3.43. The van der Waals surface area contributed by atoms with Crippen LogP contribution in [-0.2, 0) is 9.53 Å². The first kappa shape index (κ1) is 8.84. The molecule has 0 aliphatic heterocycles. The van der Waals surface area contributed by atoms with Crippen LogP contribution in [0.4, 0.5) is 0 Å². The molecule has 66 valence electrons. The average molecular weight is 168 g/mol. The summed E-state index contributed by atoms with van der Waals surface area (Å²) in [6.45, 7) is 1.98. The third kappa shape index (κ3) is 1.67. The predicted molar refractivity (Wildman–Crippen MR) is 44.6 cm³/mol. The van der Waals surface area contributed by atoms with Gasteiger partial charge in [0.05, 0.1) is 12.7 Å². The predicted octanol–water partition coefficient (Wildman–Crippen LogP) is 1.57. The molecular formula is C9H12O3. The Morgan fingerprint density at radius 2 is 2.42 bits per heavy atom. The number of methoxy groups -OCH3 is 1. The van der Waals surface area contributed by atoms with Crippen molar-refractivity contribution in [3.8, 4) is 0 Å². The molecule has 0 amide bonds. The van der Waals surface area contributed by atoms with Crippen molar-refractivity contribution in [3.05, 3.63) is 23.5 Å². The van der Waals surface area contributed by atoms with Gasteiger partial charge in [-0.15, -0.1) is 0 Å². The van der Waals surface area contributed by atoms with Crippen LogP contribution in [0.2, 0.25) is 0 Å². The van der Waals surface area contributed by atoms with Gasteiger partial charge in [0, 0.05) is 0 Å². The Labute approximate surface area is 71.3 Å². The minimum absolute atomic E-state index is 0.274. The van der Waals surface area contributed by atoms with Gasteiger partial charge in [-0.1, -0.05) is 13.0 Å². The molecule has 0 heterocycles. The van der Waals surface area contributed by atoms with Gasteiger partial charge < -0.3 is 9.84 Å². The molecule has 0 fully saturated rings. The van der Waals surface area contributed by atoms with Gasteiger partial charge in [-0.25, -0.2) is 4.79 Å². The molecule has 1 aliphatic carbocycles. The summed E-state index contributed by atoms with van der Waals surface area (Å²) in [5.74, 6) is -0.162. The Morgan fingerprint density at radius 3 is 2.92 bits per heavy atom. The lowest BCUT2D eigenvalue weighted by Gasteiger charge is -2.15. The van der Waals surface area contributed by atoms with Crippen molar-refractivity contribution < 1.29 is 14.6 Å². The zero-order valence-electron chi connectivity index (χ0n) is 7.20. The van der Waals surface area contributed by atoms with E-state index in [1.165, 1.54) is 7.11 Å². The molecule has 3 heteroatoms. The topological polar surface area (TPSA) is 46.5 Å². The zero-order chi connectivity index (χ0) is 9.14. The first-order valence-electron chi connectivity index (χ1n) is 3.84. The maximum absolute atomic E-state index is 10.7. The highest BCUT2D eigenvalue weighted by molar-refractivity contribution is 5.91. The van der Waals surface area contributed by atoms with E-state index >= 15 is 0 Å². The summed E-state index contributed by atoms with van der Waals surface area (Å²) in [6.07, 6.45) is 4.38. The van der Waals surface area contributed by atoms with E-state index in [9.17, 15) is 4.79 Å². The Hall–Kier alpha value is -1.25. The molecule has 1 aliphatic rings. The Bertz CT molecular complexity index is 250. The molecule has 1 rings (SSSR count). The Morgan fingerprint density at radius 1 is 1.75 bits per heavy atom. The fourth-order valence-corrected chi connectivity index (χ4v) is 1.21. The maximum atomic E-state index is 10.7. The molecular weight excluding hydrogens is 156 g/mol. The van der Waals surface area contributed by atoms with E-state index in [1.54, 1.807) is 6.08 Å². The molecule has 3 nitrogen and oxygen atoms in total. The van der Waals surface area contributed by atoms with Crippen LogP contribution in [0.25, 0.3) is 0 Å². The molecule has 0 saturated heterocycles. The number of hydrogen-bond donors (Lipinski definition) is 1. The fraction of sp³-hybridized carbons (Fsp3) is 0.444. The Balaban J connectivity index is 2.90. The van der Waals surface area contributed by atoms with Crippen molar-refractivity contribution in [1.29, 1.82) is 0 Å². The molecule has 1 N–H and O–H groups in total. The minimum atomic E-state index is -0.922. The van der Waals surface area contributed by atoms with Crippen molar-refractivity contribution in [3.63, 3.8) is 0 Å². The summed E-state index contributed by atoms with van der Waals surface area (Å²) in [5.41, 5.74) is 0.274. The van der Waals surface area contributed by atoms with Crippen molar-refractivity contribution >= 4 is 5.97 Å². The highest BCUT2D eigenvalue weighted by Gasteiger charge is 2.18. The zero-order valence-corrected chi connectivity index (χ0v) is 7.20. The summed E-state index contributed by atoms with van der Waals surface area (Å²) >= 11 is 0. The second-order valence-corrected chi connectivity index (χ2v) is 2.87. The van der Waals surface area contributed by atoms with E-state index in [-0.39, 0.29) is 11.5 Å². The standard InChI is InChI=1S/C9H12O3/c1-6-3-4-8(12-2)7(5-6)9(10)11/h4-6H,3H2,1-2H3,(H,10,11). The lowest BCUT2D eigenvalue weighted by Crippen LogP contribution is -2.10. The minimum Gasteiger partial charge on any atom is -0.496 e. The number of rotatable bonds is 2.